The van der Waals surface area contributed by atoms with Gasteiger partial charge in [0.2, 0.25) is 11.7 Å². The van der Waals surface area contributed by atoms with Gasteiger partial charge < -0.3 is 14.6 Å². The fraction of sp³-hybridized carbons (Fsp3) is 0.846. The van der Waals surface area contributed by atoms with Gasteiger partial charge in [-0.05, 0) is 25.9 Å². The van der Waals surface area contributed by atoms with Crippen LogP contribution in [-0.4, -0.2) is 48.3 Å². The molecule has 1 saturated heterocycles. The van der Waals surface area contributed by atoms with Crippen molar-refractivity contribution >= 4 is 0 Å². The molecule has 19 heavy (non-hydrogen) atoms. The second-order valence-electron chi connectivity index (χ2n) is 4.94. The van der Waals surface area contributed by atoms with Gasteiger partial charge in [0.1, 0.15) is 6.10 Å². The van der Waals surface area contributed by atoms with E-state index in [9.17, 15) is 0 Å². The van der Waals surface area contributed by atoms with Crippen LogP contribution >= 0.6 is 0 Å². The summed E-state index contributed by atoms with van der Waals surface area (Å²) in [5.74, 6) is 1.36. The summed E-state index contributed by atoms with van der Waals surface area (Å²) >= 11 is 0. The number of aromatic nitrogens is 2. The summed E-state index contributed by atoms with van der Waals surface area (Å²) in [6.45, 7) is 7.08. The molecule has 1 unspecified atom stereocenters. The van der Waals surface area contributed by atoms with Crippen LogP contribution in [0, 0.1) is 0 Å². The van der Waals surface area contributed by atoms with E-state index in [0.717, 1.165) is 52.0 Å². The van der Waals surface area contributed by atoms with Gasteiger partial charge >= 0.3 is 0 Å². The molecule has 0 saturated carbocycles. The minimum atomic E-state index is -0.0479. The molecule has 1 fully saturated rings. The first-order valence-corrected chi connectivity index (χ1v) is 7.11. The van der Waals surface area contributed by atoms with Crippen molar-refractivity contribution < 1.29 is 9.26 Å². The van der Waals surface area contributed by atoms with Crippen molar-refractivity contribution in [1.82, 2.24) is 20.4 Å². The van der Waals surface area contributed by atoms with Crippen molar-refractivity contribution in [2.75, 3.05) is 33.3 Å². The third-order valence-electron chi connectivity index (χ3n) is 3.40. The van der Waals surface area contributed by atoms with E-state index in [0.29, 0.717) is 11.7 Å². The molecule has 0 bridgehead atoms. The SMILES string of the molecule is CCCC(OC)c1noc(CN2CCCNCC2)n1. The van der Waals surface area contributed by atoms with Crippen LogP contribution < -0.4 is 5.32 Å². The summed E-state index contributed by atoms with van der Waals surface area (Å²) in [5, 5.41) is 7.43. The molecule has 1 aromatic heterocycles. The average Bonchev–Trinajstić information content (AvgIpc) is 2.72. The quantitative estimate of drug-likeness (QED) is 0.840. The van der Waals surface area contributed by atoms with Gasteiger partial charge in [-0.3, -0.25) is 4.90 Å². The van der Waals surface area contributed by atoms with Crippen molar-refractivity contribution in [3.8, 4) is 0 Å². The van der Waals surface area contributed by atoms with Gasteiger partial charge in [0, 0.05) is 20.2 Å². The molecule has 0 amide bonds. The third kappa shape index (κ3) is 4.26. The Morgan fingerprint density at radius 2 is 2.32 bits per heavy atom. The van der Waals surface area contributed by atoms with Crippen LogP contribution in [0.2, 0.25) is 0 Å². The highest BCUT2D eigenvalue weighted by Gasteiger charge is 2.18. The Kier molecular flexibility index (Phi) is 5.75. The van der Waals surface area contributed by atoms with E-state index < -0.39 is 0 Å². The summed E-state index contributed by atoms with van der Waals surface area (Å²) in [5.41, 5.74) is 0. The predicted octanol–water partition coefficient (Wildman–Crippen LogP) is 1.35. The van der Waals surface area contributed by atoms with E-state index in [4.69, 9.17) is 9.26 Å². The number of nitrogens with zero attached hydrogens (tertiary/aromatic N) is 3. The largest absolute Gasteiger partial charge is 0.373 e. The number of rotatable bonds is 6. The van der Waals surface area contributed by atoms with E-state index in [1.54, 1.807) is 7.11 Å². The smallest absolute Gasteiger partial charge is 0.240 e. The number of ether oxygens (including phenoxy) is 1. The first-order chi connectivity index (χ1) is 9.33. The van der Waals surface area contributed by atoms with Crippen LogP contribution in [-0.2, 0) is 11.3 Å². The standard InChI is InChI=1S/C13H24N4O2/c1-3-5-11(18-2)13-15-12(19-16-13)10-17-8-4-6-14-7-9-17/h11,14H,3-10H2,1-2H3. The molecule has 0 aliphatic carbocycles. The summed E-state index contributed by atoms with van der Waals surface area (Å²) in [6.07, 6.45) is 3.08. The number of hydrogen-bond donors (Lipinski definition) is 1. The second-order valence-corrected chi connectivity index (χ2v) is 4.94. The first kappa shape index (κ1) is 14.4. The molecular formula is C13H24N4O2. The highest BCUT2D eigenvalue weighted by atomic mass is 16.5. The molecule has 1 atom stereocenters. The van der Waals surface area contributed by atoms with E-state index in [2.05, 4.69) is 27.3 Å². The van der Waals surface area contributed by atoms with Crippen molar-refractivity contribution in [2.24, 2.45) is 0 Å². The zero-order valence-corrected chi connectivity index (χ0v) is 11.9. The maximum atomic E-state index is 5.39. The fourth-order valence-electron chi connectivity index (χ4n) is 2.33. The van der Waals surface area contributed by atoms with Gasteiger partial charge in [-0.2, -0.15) is 4.98 Å². The van der Waals surface area contributed by atoms with Crippen LogP contribution in [0.15, 0.2) is 4.52 Å². The Labute approximate surface area is 114 Å². The molecule has 0 radical (unpaired) electrons. The normalized spacial score (nSPS) is 19.3. The highest BCUT2D eigenvalue weighted by Crippen LogP contribution is 2.19. The molecule has 6 nitrogen and oxygen atoms in total. The van der Waals surface area contributed by atoms with Crippen LogP contribution in [0.3, 0.4) is 0 Å². The van der Waals surface area contributed by atoms with E-state index in [-0.39, 0.29) is 6.10 Å². The van der Waals surface area contributed by atoms with E-state index in [1.807, 2.05) is 0 Å². The maximum Gasteiger partial charge on any atom is 0.240 e. The van der Waals surface area contributed by atoms with Gasteiger partial charge in [0.15, 0.2) is 0 Å². The molecule has 0 spiro atoms. The zero-order chi connectivity index (χ0) is 13.5. The molecule has 1 aliphatic heterocycles. The Bertz CT molecular complexity index is 361. The van der Waals surface area contributed by atoms with Gasteiger partial charge in [0.25, 0.3) is 0 Å². The second kappa shape index (κ2) is 7.57. The highest BCUT2D eigenvalue weighted by molar-refractivity contribution is 4.91. The molecule has 1 aliphatic rings. The summed E-state index contributed by atoms with van der Waals surface area (Å²) in [6, 6.07) is 0. The lowest BCUT2D eigenvalue weighted by atomic mass is 10.2. The molecule has 1 N–H and O–H groups in total. The molecule has 108 valence electrons. The van der Waals surface area contributed by atoms with Crippen molar-refractivity contribution in [3.63, 3.8) is 0 Å². The monoisotopic (exact) mass is 268 g/mol. The lowest BCUT2D eigenvalue weighted by Crippen LogP contribution is -2.27. The van der Waals surface area contributed by atoms with E-state index >= 15 is 0 Å². The zero-order valence-electron chi connectivity index (χ0n) is 11.9. The topological polar surface area (TPSA) is 63.4 Å². The van der Waals surface area contributed by atoms with Gasteiger partial charge in [-0.25, -0.2) is 0 Å². The van der Waals surface area contributed by atoms with Crippen molar-refractivity contribution in [3.05, 3.63) is 11.7 Å². The van der Waals surface area contributed by atoms with Crippen LogP contribution in [0.5, 0.6) is 0 Å². The number of methoxy groups -OCH3 is 1. The van der Waals surface area contributed by atoms with Crippen LogP contribution in [0.25, 0.3) is 0 Å². The molecule has 2 heterocycles. The Hall–Kier alpha value is -0.980. The molecule has 0 aromatic carbocycles. The average molecular weight is 268 g/mol. The summed E-state index contributed by atoms with van der Waals surface area (Å²) in [4.78, 5) is 6.81. The summed E-state index contributed by atoms with van der Waals surface area (Å²) < 4.78 is 10.7. The van der Waals surface area contributed by atoms with Gasteiger partial charge in [-0.15, -0.1) is 0 Å². The van der Waals surface area contributed by atoms with E-state index in [1.165, 1.54) is 0 Å². The lowest BCUT2D eigenvalue weighted by molar-refractivity contribution is 0.0854. The lowest BCUT2D eigenvalue weighted by Gasteiger charge is -2.16. The first-order valence-electron chi connectivity index (χ1n) is 7.11. The van der Waals surface area contributed by atoms with Crippen LogP contribution in [0.1, 0.15) is 44.0 Å². The Morgan fingerprint density at radius 1 is 1.42 bits per heavy atom. The predicted molar refractivity (Wildman–Crippen MR) is 71.7 cm³/mol. The molecule has 6 heteroatoms. The molecular weight excluding hydrogens is 244 g/mol. The van der Waals surface area contributed by atoms with Gasteiger partial charge in [0.05, 0.1) is 6.54 Å². The van der Waals surface area contributed by atoms with Crippen molar-refractivity contribution in [1.29, 1.82) is 0 Å². The van der Waals surface area contributed by atoms with Crippen LogP contribution in [0.4, 0.5) is 0 Å². The van der Waals surface area contributed by atoms with Crippen molar-refractivity contribution in [2.45, 2.75) is 38.8 Å². The fourth-order valence-corrected chi connectivity index (χ4v) is 2.33. The minimum absolute atomic E-state index is 0.0479. The molecule has 2 rings (SSSR count). The number of nitrogens with one attached hydrogen (secondary N) is 1. The Balaban J connectivity index is 1.92. The minimum Gasteiger partial charge on any atom is -0.373 e. The number of hydrogen-bond acceptors (Lipinski definition) is 6. The van der Waals surface area contributed by atoms with Gasteiger partial charge in [-0.1, -0.05) is 18.5 Å². The molecule has 1 aromatic rings. The summed E-state index contributed by atoms with van der Waals surface area (Å²) in [7, 11) is 1.69. The third-order valence-corrected chi connectivity index (χ3v) is 3.40. The maximum absolute atomic E-state index is 5.39. The Morgan fingerprint density at radius 3 is 3.11 bits per heavy atom.